The third-order valence-electron chi connectivity index (χ3n) is 3.80. The van der Waals surface area contributed by atoms with Gasteiger partial charge in [-0.3, -0.25) is 0 Å². The summed E-state index contributed by atoms with van der Waals surface area (Å²) in [5.74, 6) is -0.560. The Bertz CT molecular complexity index is 258. The summed E-state index contributed by atoms with van der Waals surface area (Å²) in [5, 5.41) is 8.74. The SMILES string of the molecule is CC(CCCCCO)C12OCCC(C)(CO1)O2. The number of rotatable bonds is 6. The van der Waals surface area contributed by atoms with Crippen molar-refractivity contribution in [1.82, 2.24) is 0 Å². The van der Waals surface area contributed by atoms with Gasteiger partial charge in [0, 0.05) is 18.9 Å². The first-order valence-corrected chi connectivity index (χ1v) is 6.69. The van der Waals surface area contributed by atoms with Crippen molar-refractivity contribution >= 4 is 0 Å². The summed E-state index contributed by atoms with van der Waals surface area (Å²) in [4.78, 5) is 0. The van der Waals surface area contributed by atoms with E-state index in [2.05, 4.69) is 13.8 Å². The summed E-state index contributed by atoms with van der Waals surface area (Å²) < 4.78 is 17.5. The van der Waals surface area contributed by atoms with Gasteiger partial charge in [0.05, 0.1) is 18.8 Å². The highest BCUT2D eigenvalue weighted by Gasteiger charge is 2.55. The lowest BCUT2D eigenvalue weighted by Crippen LogP contribution is -2.47. The van der Waals surface area contributed by atoms with Crippen molar-refractivity contribution in [3.8, 4) is 0 Å². The predicted molar refractivity (Wildman–Crippen MR) is 63.5 cm³/mol. The predicted octanol–water partition coefficient (Wildman–Crippen LogP) is 2.05. The molecule has 0 spiro atoms. The molecule has 2 aliphatic rings. The maximum Gasteiger partial charge on any atom is 0.286 e. The molecule has 4 nitrogen and oxygen atoms in total. The number of unbranched alkanes of at least 4 members (excludes halogenated alkanes) is 2. The van der Waals surface area contributed by atoms with Crippen molar-refractivity contribution in [2.45, 2.75) is 57.5 Å². The largest absolute Gasteiger partial charge is 0.396 e. The molecule has 2 heterocycles. The number of fused-ring (bicyclic) bond motifs is 2. The molecule has 3 atom stereocenters. The molecule has 0 radical (unpaired) electrons. The molecule has 2 fully saturated rings. The van der Waals surface area contributed by atoms with Crippen LogP contribution in [0.15, 0.2) is 0 Å². The summed E-state index contributed by atoms with van der Waals surface area (Å²) in [6.45, 7) is 5.85. The van der Waals surface area contributed by atoms with E-state index >= 15 is 0 Å². The molecule has 2 rings (SSSR count). The zero-order chi connectivity index (χ0) is 12.4. The fourth-order valence-corrected chi connectivity index (χ4v) is 2.56. The number of aliphatic hydroxyl groups excluding tert-OH is 1. The minimum Gasteiger partial charge on any atom is -0.396 e. The van der Waals surface area contributed by atoms with Crippen LogP contribution in [0.5, 0.6) is 0 Å². The molecule has 2 bridgehead atoms. The summed E-state index contributed by atoms with van der Waals surface area (Å²) >= 11 is 0. The zero-order valence-corrected chi connectivity index (χ0v) is 10.9. The average molecular weight is 244 g/mol. The van der Waals surface area contributed by atoms with Gasteiger partial charge >= 0.3 is 0 Å². The first kappa shape index (κ1) is 13.3. The van der Waals surface area contributed by atoms with Crippen LogP contribution in [0, 0.1) is 5.92 Å². The number of ether oxygens (including phenoxy) is 3. The lowest BCUT2D eigenvalue weighted by Gasteiger charge is -2.39. The monoisotopic (exact) mass is 244 g/mol. The Kier molecular flexibility index (Phi) is 4.08. The van der Waals surface area contributed by atoms with Crippen molar-refractivity contribution in [2.75, 3.05) is 19.8 Å². The van der Waals surface area contributed by atoms with Crippen LogP contribution in [-0.4, -0.2) is 36.5 Å². The van der Waals surface area contributed by atoms with Gasteiger partial charge in [0.2, 0.25) is 0 Å². The Hall–Kier alpha value is -0.160. The van der Waals surface area contributed by atoms with Gasteiger partial charge in [0.25, 0.3) is 5.97 Å². The quantitative estimate of drug-likeness (QED) is 0.726. The fraction of sp³-hybridized carbons (Fsp3) is 1.00. The van der Waals surface area contributed by atoms with Crippen LogP contribution in [0.25, 0.3) is 0 Å². The highest BCUT2D eigenvalue weighted by Crippen LogP contribution is 2.44. The van der Waals surface area contributed by atoms with Crippen LogP contribution in [0.3, 0.4) is 0 Å². The lowest BCUT2D eigenvalue weighted by molar-refractivity contribution is -0.389. The Morgan fingerprint density at radius 1 is 1.24 bits per heavy atom. The van der Waals surface area contributed by atoms with Gasteiger partial charge < -0.3 is 19.3 Å². The average Bonchev–Trinajstić information content (AvgIpc) is 2.56. The van der Waals surface area contributed by atoms with Gasteiger partial charge in [-0.1, -0.05) is 19.8 Å². The van der Waals surface area contributed by atoms with Gasteiger partial charge in [-0.25, -0.2) is 0 Å². The van der Waals surface area contributed by atoms with Crippen LogP contribution in [-0.2, 0) is 14.2 Å². The summed E-state index contributed by atoms with van der Waals surface area (Å²) in [6.07, 6.45) is 4.92. The molecule has 1 N–H and O–H groups in total. The van der Waals surface area contributed by atoms with E-state index < -0.39 is 5.97 Å². The van der Waals surface area contributed by atoms with Gasteiger partial charge in [-0.05, 0) is 19.8 Å². The van der Waals surface area contributed by atoms with Crippen molar-refractivity contribution < 1.29 is 19.3 Å². The molecule has 0 saturated carbocycles. The maximum absolute atomic E-state index is 8.74. The number of hydrogen-bond donors (Lipinski definition) is 1. The normalized spacial score (nSPS) is 38.3. The summed E-state index contributed by atoms with van der Waals surface area (Å²) in [6, 6.07) is 0. The van der Waals surface area contributed by atoms with E-state index in [9.17, 15) is 0 Å². The molecule has 0 amide bonds. The van der Waals surface area contributed by atoms with E-state index in [1.165, 1.54) is 0 Å². The maximum atomic E-state index is 8.74. The molecule has 17 heavy (non-hydrogen) atoms. The Morgan fingerprint density at radius 3 is 2.82 bits per heavy atom. The topological polar surface area (TPSA) is 47.9 Å². The van der Waals surface area contributed by atoms with Crippen molar-refractivity contribution in [3.63, 3.8) is 0 Å². The van der Waals surface area contributed by atoms with Gasteiger partial charge in [-0.15, -0.1) is 0 Å². The standard InChI is InChI=1S/C13H24O4/c1-11(6-4-3-5-8-14)13-15-9-7-12(2,17-13)10-16-13/h11,14H,3-10H2,1-2H3. The summed E-state index contributed by atoms with van der Waals surface area (Å²) in [7, 11) is 0. The van der Waals surface area contributed by atoms with Crippen molar-refractivity contribution in [1.29, 1.82) is 0 Å². The molecule has 100 valence electrons. The fourth-order valence-electron chi connectivity index (χ4n) is 2.56. The van der Waals surface area contributed by atoms with Crippen LogP contribution >= 0.6 is 0 Å². The van der Waals surface area contributed by atoms with E-state index in [0.29, 0.717) is 6.61 Å². The molecule has 0 aromatic rings. The molecule has 0 aromatic carbocycles. The van der Waals surface area contributed by atoms with E-state index in [1.54, 1.807) is 0 Å². The second kappa shape index (κ2) is 5.22. The molecular formula is C13H24O4. The Balaban J connectivity index is 1.84. The van der Waals surface area contributed by atoms with Crippen LogP contribution in [0.4, 0.5) is 0 Å². The molecule has 0 aliphatic carbocycles. The lowest BCUT2D eigenvalue weighted by atomic mass is 9.99. The van der Waals surface area contributed by atoms with E-state index in [0.717, 1.165) is 38.7 Å². The van der Waals surface area contributed by atoms with Crippen molar-refractivity contribution in [3.05, 3.63) is 0 Å². The van der Waals surface area contributed by atoms with Gasteiger partial charge in [0.1, 0.15) is 0 Å². The summed E-state index contributed by atoms with van der Waals surface area (Å²) in [5.41, 5.74) is -0.155. The molecule has 2 aliphatic heterocycles. The number of aliphatic hydroxyl groups is 1. The molecular weight excluding hydrogens is 220 g/mol. The third-order valence-corrected chi connectivity index (χ3v) is 3.80. The second-order valence-electron chi connectivity index (χ2n) is 5.52. The Labute approximate surface area is 103 Å². The minimum absolute atomic E-state index is 0.155. The first-order valence-electron chi connectivity index (χ1n) is 6.69. The molecule has 4 heteroatoms. The van der Waals surface area contributed by atoms with Gasteiger partial charge in [0.15, 0.2) is 0 Å². The van der Waals surface area contributed by atoms with Crippen molar-refractivity contribution in [2.24, 2.45) is 5.92 Å². The Morgan fingerprint density at radius 2 is 2.06 bits per heavy atom. The first-order chi connectivity index (χ1) is 8.10. The molecule has 3 unspecified atom stereocenters. The zero-order valence-electron chi connectivity index (χ0n) is 10.9. The van der Waals surface area contributed by atoms with E-state index in [1.807, 2.05) is 0 Å². The molecule has 0 aromatic heterocycles. The van der Waals surface area contributed by atoms with Gasteiger partial charge in [-0.2, -0.15) is 0 Å². The highest BCUT2D eigenvalue weighted by molar-refractivity contribution is 4.89. The van der Waals surface area contributed by atoms with E-state index in [-0.39, 0.29) is 18.1 Å². The van der Waals surface area contributed by atoms with E-state index in [4.69, 9.17) is 19.3 Å². The van der Waals surface area contributed by atoms with Crippen LogP contribution in [0.1, 0.15) is 46.0 Å². The molecule has 2 saturated heterocycles. The van der Waals surface area contributed by atoms with Crippen LogP contribution in [0.2, 0.25) is 0 Å². The van der Waals surface area contributed by atoms with Crippen LogP contribution < -0.4 is 0 Å². The third kappa shape index (κ3) is 2.81. The smallest absolute Gasteiger partial charge is 0.286 e. The number of hydrogen-bond acceptors (Lipinski definition) is 4. The highest BCUT2D eigenvalue weighted by atomic mass is 16.9. The minimum atomic E-state index is -0.799. The second-order valence-corrected chi connectivity index (χ2v) is 5.52.